The zero-order valence-corrected chi connectivity index (χ0v) is 11.4. The maximum Gasteiger partial charge on any atom is 0.164 e. The zero-order chi connectivity index (χ0) is 14.8. The van der Waals surface area contributed by atoms with Crippen molar-refractivity contribution in [3.63, 3.8) is 0 Å². The van der Waals surface area contributed by atoms with Gasteiger partial charge in [-0.3, -0.25) is 0 Å². The van der Waals surface area contributed by atoms with E-state index in [1.54, 1.807) is 6.07 Å². The highest BCUT2D eigenvalue weighted by molar-refractivity contribution is 5.63. The van der Waals surface area contributed by atoms with Crippen molar-refractivity contribution in [1.29, 1.82) is 0 Å². The van der Waals surface area contributed by atoms with Gasteiger partial charge in [-0.25, -0.2) is 0 Å². The third-order valence-electron chi connectivity index (χ3n) is 3.83. The SMILES string of the molecule is O=NC1CCc2cc(O)c(O)cc2N1Cc1ccccc1. The van der Waals surface area contributed by atoms with E-state index in [-0.39, 0.29) is 11.5 Å². The third kappa shape index (κ3) is 2.54. The molecular weight excluding hydrogens is 268 g/mol. The molecule has 1 aliphatic heterocycles. The lowest BCUT2D eigenvalue weighted by Crippen LogP contribution is -2.37. The number of rotatable bonds is 3. The van der Waals surface area contributed by atoms with E-state index in [4.69, 9.17) is 0 Å². The van der Waals surface area contributed by atoms with Crippen molar-refractivity contribution in [3.05, 3.63) is 58.5 Å². The summed E-state index contributed by atoms with van der Waals surface area (Å²) in [6.07, 6.45) is 0.806. The summed E-state index contributed by atoms with van der Waals surface area (Å²) >= 11 is 0. The molecule has 21 heavy (non-hydrogen) atoms. The smallest absolute Gasteiger partial charge is 0.164 e. The molecule has 108 valence electrons. The molecule has 1 aliphatic rings. The topological polar surface area (TPSA) is 73.1 Å². The lowest BCUT2D eigenvalue weighted by Gasteiger charge is -2.35. The molecule has 0 bridgehead atoms. The number of aromatic hydroxyl groups is 2. The first-order chi connectivity index (χ1) is 10.2. The van der Waals surface area contributed by atoms with E-state index < -0.39 is 6.17 Å². The summed E-state index contributed by atoms with van der Waals surface area (Å²) in [6, 6.07) is 12.9. The van der Waals surface area contributed by atoms with Gasteiger partial charge in [-0.1, -0.05) is 30.3 Å². The van der Waals surface area contributed by atoms with Crippen molar-refractivity contribution >= 4 is 5.69 Å². The number of hydrogen-bond acceptors (Lipinski definition) is 5. The summed E-state index contributed by atoms with van der Waals surface area (Å²) in [6.45, 7) is 0.536. The second kappa shape index (κ2) is 5.44. The van der Waals surface area contributed by atoms with Gasteiger partial charge in [0.1, 0.15) is 0 Å². The molecule has 0 saturated heterocycles. The number of hydrogen-bond donors (Lipinski definition) is 2. The second-order valence-corrected chi connectivity index (χ2v) is 5.21. The molecule has 0 aromatic heterocycles. The van der Waals surface area contributed by atoms with Crippen LogP contribution in [0, 0.1) is 4.91 Å². The van der Waals surface area contributed by atoms with Gasteiger partial charge in [0.05, 0.1) is 0 Å². The maximum absolute atomic E-state index is 11.1. The highest BCUT2D eigenvalue weighted by Crippen LogP contribution is 2.39. The minimum atomic E-state index is -0.457. The van der Waals surface area contributed by atoms with Gasteiger partial charge in [-0.15, -0.1) is 4.91 Å². The van der Waals surface area contributed by atoms with Crippen LogP contribution in [-0.4, -0.2) is 16.4 Å². The molecule has 2 aromatic rings. The predicted octanol–water partition coefficient (Wildman–Crippen LogP) is 3.14. The van der Waals surface area contributed by atoms with Crippen molar-refractivity contribution in [1.82, 2.24) is 0 Å². The fourth-order valence-electron chi connectivity index (χ4n) is 2.76. The fourth-order valence-corrected chi connectivity index (χ4v) is 2.76. The summed E-state index contributed by atoms with van der Waals surface area (Å²) < 4.78 is 0. The first-order valence-electron chi connectivity index (χ1n) is 6.87. The van der Waals surface area contributed by atoms with E-state index >= 15 is 0 Å². The summed E-state index contributed by atoms with van der Waals surface area (Å²) in [4.78, 5) is 13.0. The number of nitrogens with zero attached hydrogens (tertiary/aromatic N) is 2. The van der Waals surface area contributed by atoms with Crippen LogP contribution in [0.5, 0.6) is 11.5 Å². The van der Waals surface area contributed by atoms with E-state index in [1.165, 1.54) is 6.07 Å². The van der Waals surface area contributed by atoms with Gasteiger partial charge in [-0.2, -0.15) is 0 Å². The quantitative estimate of drug-likeness (QED) is 0.671. The Morgan fingerprint density at radius 1 is 1.14 bits per heavy atom. The third-order valence-corrected chi connectivity index (χ3v) is 3.83. The van der Waals surface area contributed by atoms with Crippen LogP contribution in [0.1, 0.15) is 17.5 Å². The number of anilines is 1. The number of phenolic OH excluding ortho intramolecular Hbond substituents is 2. The van der Waals surface area contributed by atoms with Crippen LogP contribution < -0.4 is 4.90 Å². The van der Waals surface area contributed by atoms with E-state index in [0.717, 1.165) is 16.8 Å². The Hall–Kier alpha value is -2.56. The summed E-state index contributed by atoms with van der Waals surface area (Å²) in [7, 11) is 0. The average Bonchev–Trinajstić information content (AvgIpc) is 2.50. The van der Waals surface area contributed by atoms with Gasteiger partial charge in [-0.05, 0) is 35.2 Å². The number of benzene rings is 2. The summed E-state index contributed by atoms with van der Waals surface area (Å²) in [5, 5.41) is 22.6. The van der Waals surface area contributed by atoms with Gasteiger partial charge in [0.25, 0.3) is 0 Å². The molecule has 0 radical (unpaired) electrons. The number of fused-ring (bicyclic) bond motifs is 1. The van der Waals surface area contributed by atoms with Crippen molar-refractivity contribution in [2.45, 2.75) is 25.6 Å². The van der Waals surface area contributed by atoms with Crippen LogP contribution in [0.2, 0.25) is 0 Å². The second-order valence-electron chi connectivity index (χ2n) is 5.21. The Morgan fingerprint density at radius 3 is 2.57 bits per heavy atom. The Kier molecular flexibility index (Phi) is 3.48. The largest absolute Gasteiger partial charge is 0.504 e. The molecule has 3 rings (SSSR count). The Bertz CT molecular complexity index is 658. The van der Waals surface area contributed by atoms with Gasteiger partial charge < -0.3 is 15.1 Å². The van der Waals surface area contributed by atoms with Crippen LogP contribution in [0.3, 0.4) is 0 Å². The van der Waals surface area contributed by atoms with Crippen LogP contribution in [-0.2, 0) is 13.0 Å². The molecule has 5 nitrogen and oxygen atoms in total. The van der Waals surface area contributed by atoms with Crippen molar-refractivity contribution < 1.29 is 10.2 Å². The monoisotopic (exact) mass is 284 g/mol. The fraction of sp³-hybridized carbons (Fsp3) is 0.250. The van der Waals surface area contributed by atoms with Gasteiger partial charge in [0, 0.05) is 18.3 Å². The van der Waals surface area contributed by atoms with E-state index in [1.807, 2.05) is 35.2 Å². The number of aryl methyl sites for hydroxylation is 1. The molecule has 1 atom stereocenters. The summed E-state index contributed by atoms with van der Waals surface area (Å²) in [5.41, 5.74) is 2.73. The maximum atomic E-state index is 11.1. The Balaban J connectivity index is 2.00. The van der Waals surface area contributed by atoms with E-state index in [2.05, 4.69) is 5.18 Å². The molecule has 1 unspecified atom stereocenters. The average molecular weight is 284 g/mol. The van der Waals surface area contributed by atoms with Crippen LogP contribution >= 0.6 is 0 Å². The number of nitroso groups, excluding NO2 is 1. The highest BCUT2D eigenvalue weighted by atomic mass is 16.3. The lowest BCUT2D eigenvalue weighted by atomic mass is 9.98. The molecule has 0 spiro atoms. The Morgan fingerprint density at radius 2 is 1.86 bits per heavy atom. The molecule has 0 saturated carbocycles. The van der Waals surface area contributed by atoms with Crippen molar-refractivity contribution in [2.75, 3.05) is 4.90 Å². The molecule has 5 heteroatoms. The van der Waals surface area contributed by atoms with Gasteiger partial charge in [0.2, 0.25) is 0 Å². The summed E-state index contributed by atoms with van der Waals surface area (Å²) in [5.74, 6) is -0.315. The Labute approximate surface area is 122 Å². The molecule has 1 heterocycles. The van der Waals surface area contributed by atoms with E-state index in [9.17, 15) is 15.1 Å². The van der Waals surface area contributed by atoms with Crippen molar-refractivity contribution in [2.24, 2.45) is 5.18 Å². The van der Waals surface area contributed by atoms with E-state index in [0.29, 0.717) is 19.4 Å². The molecule has 2 aromatic carbocycles. The molecule has 2 N–H and O–H groups in total. The number of phenols is 2. The van der Waals surface area contributed by atoms with Gasteiger partial charge >= 0.3 is 0 Å². The molecule has 0 fully saturated rings. The predicted molar refractivity (Wildman–Crippen MR) is 80.3 cm³/mol. The highest BCUT2D eigenvalue weighted by Gasteiger charge is 2.28. The normalized spacial score (nSPS) is 17.3. The van der Waals surface area contributed by atoms with Crippen molar-refractivity contribution in [3.8, 4) is 11.5 Å². The van der Waals surface area contributed by atoms with Crippen LogP contribution in [0.15, 0.2) is 47.6 Å². The minimum Gasteiger partial charge on any atom is -0.504 e. The molecule has 0 amide bonds. The lowest BCUT2D eigenvalue weighted by molar-refractivity contribution is 0.401. The van der Waals surface area contributed by atoms with Crippen LogP contribution in [0.25, 0.3) is 0 Å². The standard InChI is InChI=1S/C16H16N2O3/c19-14-8-12-6-7-16(17-21)18(13(12)9-15(14)20)10-11-4-2-1-3-5-11/h1-5,8-9,16,19-20H,6-7,10H2. The first kappa shape index (κ1) is 13.4. The zero-order valence-electron chi connectivity index (χ0n) is 11.4. The molecular formula is C16H16N2O3. The minimum absolute atomic E-state index is 0.133. The molecule has 0 aliphatic carbocycles. The van der Waals surface area contributed by atoms with Crippen LogP contribution in [0.4, 0.5) is 5.69 Å². The first-order valence-corrected chi connectivity index (χ1v) is 6.87. The van der Waals surface area contributed by atoms with Gasteiger partial charge in [0.15, 0.2) is 17.7 Å².